The smallest absolute Gasteiger partial charge is 0.307 e. The molecule has 0 radical (unpaired) electrons. The highest BCUT2D eigenvalue weighted by Gasteiger charge is 2.25. The van der Waals surface area contributed by atoms with Crippen molar-refractivity contribution >= 4 is 5.97 Å². The third-order valence-corrected chi connectivity index (χ3v) is 2.14. The number of ether oxygens (including phenoxy) is 1. The first-order valence-electron chi connectivity index (χ1n) is 4.91. The minimum Gasteiger partial charge on any atom is -0.466 e. The minimum absolute atomic E-state index is 0.159. The lowest BCUT2D eigenvalue weighted by Gasteiger charge is -2.23. The Morgan fingerprint density at radius 2 is 2.40 bits per heavy atom. The van der Waals surface area contributed by atoms with Gasteiger partial charge in [-0.1, -0.05) is 6.07 Å². The van der Waals surface area contributed by atoms with Gasteiger partial charge >= 0.3 is 5.97 Å². The minimum atomic E-state index is -0.722. The summed E-state index contributed by atoms with van der Waals surface area (Å²) >= 11 is 0. The highest BCUT2D eigenvalue weighted by atomic mass is 16.5. The molecule has 1 unspecified atom stereocenters. The Bertz CT molecular complexity index is 323. The molecular weight excluding hydrogens is 192 g/mol. The van der Waals surface area contributed by atoms with E-state index in [4.69, 9.17) is 10.5 Å². The average Bonchev–Trinajstić information content (AvgIpc) is 2.18. The number of nitrogens with zero attached hydrogens (tertiary/aromatic N) is 1. The van der Waals surface area contributed by atoms with E-state index in [-0.39, 0.29) is 12.4 Å². The molecule has 0 spiro atoms. The molecule has 4 nitrogen and oxygen atoms in total. The van der Waals surface area contributed by atoms with Crippen LogP contribution in [0.25, 0.3) is 0 Å². The van der Waals surface area contributed by atoms with Crippen LogP contribution < -0.4 is 5.73 Å². The molecule has 0 aliphatic rings. The third-order valence-electron chi connectivity index (χ3n) is 2.14. The van der Waals surface area contributed by atoms with Crippen LogP contribution in [-0.4, -0.2) is 17.6 Å². The molecule has 0 aliphatic carbocycles. The zero-order valence-electron chi connectivity index (χ0n) is 9.06. The number of aromatic nitrogens is 1. The Morgan fingerprint density at radius 1 is 1.67 bits per heavy atom. The molecule has 15 heavy (non-hydrogen) atoms. The molecule has 0 fully saturated rings. The topological polar surface area (TPSA) is 65.2 Å². The fourth-order valence-electron chi connectivity index (χ4n) is 1.31. The Balaban J connectivity index is 2.71. The van der Waals surface area contributed by atoms with Crippen molar-refractivity contribution in [3.8, 4) is 0 Å². The lowest BCUT2D eigenvalue weighted by Crippen LogP contribution is -2.36. The van der Waals surface area contributed by atoms with Crippen molar-refractivity contribution in [3.63, 3.8) is 0 Å². The lowest BCUT2D eigenvalue weighted by molar-refractivity contribution is -0.144. The van der Waals surface area contributed by atoms with Crippen LogP contribution in [0.3, 0.4) is 0 Å². The van der Waals surface area contributed by atoms with Gasteiger partial charge in [-0.2, -0.15) is 0 Å². The van der Waals surface area contributed by atoms with Crippen molar-refractivity contribution in [1.82, 2.24) is 4.98 Å². The van der Waals surface area contributed by atoms with Gasteiger partial charge in [-0.25, -0.2) is 0 Å². The van der Waals surface area contributed by atoms with Crippen LogP contribution in [0.5, 0.6) is 0 Å². The van der Waals surface area contributed by atoms with Gasteiger partial charge in [0.15, 0.2) is 0 Å². The van der Waals surface area contributed by atoms with Gasteiger partial charge in [-0.15, -0.1) is 0 Å². The molecule has 0 aliphatic heterocycles. The van der Waals surface area contributed by atoms with Crippen molar-refractivity contribution in [2.45, 2.75) is 25.8 Å². The molecule has 1 atom stereocenters. The number of hydrogen-bond donors (Lipinski definition) is 1. The summed E-state index contributed by atoms with van der Waals surface area (Å²) in [7, 11) is 0. The van der Waals surface area contributed by atoms with Gasteiger partial charge in [0, 0.05) is 12.4 Å². The summed E-state index contributed by atoms with van der Waals surface area (Å²) < 4.78 is 4.86. The van der Waals surface area contributed by atoms with Crippen LogP contribution in [0.1, 0.15) is 25.8 Å². The molecule has 0 saturated heterocycles. The first-order chi connectivity index (χ1) is 7.06. The molecule has 0 amide bonds. The SMILES string of the molecule is CCOC(=O)CC(C)(N)c1cccnc1. The first-order valence-corrected chi connectivity index (χ1v) is 4.91. The number of hydrogen-bond acceptors (Lipinski definition) is 4. The van der Waals surface area contributed by atoms with Gasteiger partial charge in [0.25, 0.3) is 0 Å². The van der Waals surface area contributed by atoms with E-state index < -0.39 is 5.54 Å². The second-order valence-corrected chi connectivity index (χ2v) is 3.64. The Morgan fingerprint density at radius 3 is 2.93 bits per heavy atom. The molecule has 1 aromatic heterocycles. The molecule has 4 heteroatoms. The molecule has 82 valence electrons. The molecule has 0 saturated carbocycles. The van der Waals surface area contributed by atoms with Crippen LogP contribution >= 0.6 is 0 Å². The monoisotopic (exact) mass is 208 g/mol. The van der Waals surface area contributed by atoms with Crippen LogP contribution in [0.4, 0.5) is 0 Å². The molecule has 0 aromatic carbocycles. The van der Waals surface area contributed by atoms with Gasteiger partial charge in [0.05, 0.1) is 18.6 Å². The fourth-order valence-corrected chi connectivity index (χ4v) is 1.31. The van der Waals surface area contributed by atoms with Crippen molar-refractivity contribution in [1.29, 1.82) is 0 Å². The van der Waals surface area contributed by atoms with Crippen LogP contribution in [-0.2, 0) is 15.1 Å². The first kappa shape index (κ1) is 11.7. The van der Waals surface area contributed by atoms with Gasteiger partial charge in [0.1, 0.15) is 0 Å². The quantitative estimate of drug-likeness (QED) is 0.755. The summed E-state index contributed by atoms with van der Waals surface area (Å²) in [5, 5.41) is 0. The normalized spacial score (nSPS) is 14.3. The maximum Gasteiger partial charge on any atom is 0.307 e. The van der Waals surface area contributed by atoms with Gasteiger partial charge < -0.3 is 10.5 Å². The second kappa shape index (κ2) is 4.89. The van der Waals surface area contributed by atoms with Crippen LogP contribution in [0, 0.1) is 0 Å². The third kappa shape index (κ3) is 3.32. The zero-order valence-corrected chi connectivity index (χ0v) is 9.06. The molecule has 1 rings (SSSR count). The summed E-state index contributed by atoms with van der Waals surface area (Å²) in [5.74, 6) is -0.286. The maximum absolute atomic E-state index is 11.3. The number of carbonyl (C=O) groups is 1. The molecule has 0 bridgehead atoms. The van der Waals surface area contributed by atoms with Gasteiger partial charge in [-0.3, -0.25) is 9.78 Å². The second-order valence-electron chi connectivity index (χ2n) is 3.64. The number of nitrogens with two attached hydrogens (primary N) is 1. The average molecular weight is 208 g/mol. The molecule has 2 N–H and O–H groups in total. The van der Waals surface area contributed by atoms with Crippen molar-refractivity contribution in [2.24, 2.45) is 5.73 Å². The summed E-state index contributed by atoms with van der Waals surface area (Å²) in [6.45, 7) is 3.94. The Kier molecular flexibility index (Phi) is 3.80. The van der Waals surface area contributed by atoms with E-state index >= 15 is 0 Å². The lowest BCUT2D eigenvalue weighted by atomic mass is 9.91. The van der Waals surface area contributed by atoms with E-state index in [9.17, 15) is 4.79 Å². The van der Waals surface area contributed by atoms with E-state index in [2.05, 4.69) is 4.98 Å². The van der Waals surface area contributed by atoms with Gasteiger partial charge in [-0.05, 0) is 25.5 Å². The number of rotatable bonds is 4. The maximum atomic E-state index is 11.3. The number of carbonyl (C=O) groups excluding carboxylic acids is 1. The van der Waals surface area contributed by atoms with Crippen LogP contribution in [0.2, 0.25) is 0 Å². The predicted octanol–water partition coefficient (Wildman–Crippen LogP) is 1.21. The highest BCUT2D eigenvalue weighted by molar-refractivity contribution is 5.71. The largest absolute Gasteiger partial charge is 0.466 e. The standard InChI is InChI=1S/C11H16N2O2/c1-3-15-10(14)7-11(2,12)9-5-4-6-13-8-9/h4-6,8H,3,7,12H2,1-2H3. The summed E-state index contributed by atoms with van der Waals surface area (Å²) in [4.78, 5) is 15.3. The molecular formula is C11H16N2O2. The van der Waals surface area contributed by atoms with Crippen LogP contribution in [0.15, 0.2) is 24.5 Å². The van der Waals surface area contributed by atoms with E-state index in [0.717, 1.165) is 5.56 Å². The van der Waals surface area contributed by atoms with E-state index in [1.165, 1.54) is 0 Å². The Labute approximate surface area is 89.5 Å². The summed E-state index contributed by atoms with van der Waals surface area (Å²) in [5.41, 5.74) is 6.14. The van der Waals surface area contributed by atoms with Crippen molar-refractivity contribution in [3.05, 3.63) is 30.1 Å². The zero-order chi connectivity index (χ0) is 11.3. The van der Waals surface area contributed by atoms with Crippen molar-refractivity contribution in [2.75, 3.05) is 6.61 Å². The Hall–Kier alpha value is -1.42. The predicted molar refractivity (Wildman–Crippen MR) is 57.0 cm³/mol. The van der Waals surface area contributed by atoms with Crippen molar-refractivity contribution < 1.29 is 9.53 Å². The highest BCUT2D eigenvalue weighted by Crippen LogP contribution is 2.20. The van der Waals surface area contributed by atoms with E-state index in [1.54, 1.807) is 32.3 Å². The molecule has 1 heterocycles. The van der Waals surface area contributed by atoms with Gasteiger partial charge in [0.2, 0.25) is 0 Å². The fraction of sp³-hybridized carbons (Fsp3) is 0.455. The number of esters is 1. The summed E-state index contributed by atoms with van der Waals surface area (Å²) in [6.07, 6.45) is 3.50. The van der Waals surface area contributed by atoms with E-state index in [1.807, 2.05) is 6.07 Å². The summed E-state index contributed by atoms with van der Waals surface area (Å²) in [6, 6.07) is 3.65. The number of pyridine rings is 1. The van der Waals surface area contributed by atoms with E-state index in [0.29, 0.717) is 6.61 Å². The molecule has 1 aromatic rings.